The molecule has 0 spiro atoms. The van der Waals surface area contributed by atoms with Gasteiger partial charge in [0.15, 0.2) is 8.07 Å². The molecule has 5 heteroatoms. The summed E-state index contributed by atoms with van der Waals surface area (Å²) in [7, 11) is -3.03. The predicted octanol–water partition coefficient (Wildman–Crippen LogP) is 12.5. The van der Waals surface area contributed by atoms with Crippen LogP contribution in [0.3, 0.4) is 0 Å². The van der Waals surface area contributed by atoms with E-state index in [1.165, 1.54) is 109 Å². The van der Waals surface area contributed by atoms with E-state index in [0.29, 0.717) is 11.8 Å². The van der Waals surface area contributed by atoms with Crippen molar-refractivity contribution in [2.45, 2.75) is 37.5 Å². The Balaban J connectivity index is 0.982. The van der Waals surface area contributed by atoms with E-state index in [1.54, 1.807) is 0 Å². The van der Waals surface area contributed by atoms with Crippen molar-refractivity contribution >= 4 is 73.4 Å². The quantitative estimate of drug-likeness (QED) is 0.107. The predicted molar refractivity (Wildman–Crippen MR) is 288 cm³/mol. The topological polar surface area (TPSA) is 24.3 Å². The zero-order valence-electron chi connectivity index (χ0n) is 38.8. The fourth-order valence-electron chi connectivity index (χ4n) is 14.5. The molecule has 4 nitrogen and oxygen atoms in total. The van der Waals surface area contributed by atoms with Crippen molar-refractivity contribution in [3.05, 3.63) is 242 Å². The summed E-state index contributed by atoms with van der Waals surface area (Å²) in [6, 6.07) is 84.8. The minimum absolute atomic E-state index is 0.0159. The van der Waals surface area contributed by atoms with E-state index in [-0.39, 0.29) is 5.41 Å². The average Bonchev–Trinajstić information content (AvgIpc) is 3.97. The molecule has 0 amide bonds. The second-order valence-corrected chi connectivity index (χ2v) is 24.2. The number of benzene rings is 8. The molecule has 0 unspecified atom stereocenters. The SMILES string of the molecule is c1ccc(N2CN(c3cccc([Si](c4ccccc4)(c4ccccc4)c4ccc5c6ccccc6n(-c6cc(C7(c8ccccc8)C8CC9CC(C8)CC7C9)ccn6)c5c4)c3)c3ccccc32)cc1. The molecule has 0 atom stereocenters. The molecule has 10 aromatic rings. The lowest BCUT2D eigenvalue weighted by atomic mass is 9.42. The number of pyridine rings is 1. The highest BCUT2D eigenvalue weighted by atomic mass is 28.3. The molecule has 3 heterocycles. The Bertz CT molecular complexity index is 3450. The van der Waals surface area contributed by atoms with Gasteiger partial charge in [-0.25, -0.2) is 4.98 Å². The molecule has 4 aliphatic carbocycles. The van der Waals surface area contributed by atoms with Gasteiger partial charge in [-0.1, -0.05) is 164 Å². The van der Waals surface area contributed by atoms with Crippen LogP contribution in [0.4, 0.5) is 22.7 Å². The first kappa shape index (κ1) is 40.6. The molecule has 8 aromatic carbocycles. The van der Waals surface area contributed by atoms with Gasteiger partial charge in [0.1, 0.15) is 12.5 Å². The third-order valence-corrected chi connectivity index (χ3v) is 21.8. The maximum absolute atomic E-state index is 5.35. The van der Waals surface area contributed by atoms with E-state index in [2.05, 4.69) is 245 Å². The molecule has 4 fully saturated rings. The average molecular weight is 907 g/mol. The molecule has 15 rings (SSSR count). The van der Waals surface area contributed by atoms with Gasteiger partial charge in [-0.15, -0.1) is 0 Å². The molecule has 0 saturated heterocycles. The summed E-state index contributed by atoms with van der Waals surface area (Å²) >= 11 is 0. The van der Waals surface area contributed by atoms with Gasteiger partial charge in [-0.05, 0) is 148 Å². The molecule has 1 aliphatic heterocycles. The molecule has 4 saturated carbocycles. The minimum Gasteiger partial charge on any atom is -0.321 e. The summed E-state index contributed by atoms with van der Waals surface area (Å²) in [6.45, 7) is 0.727. The van der Waals surface area contributed by atoms with Crippen LogP contribution in [0.5, 0.6) is 0 Å². The second kappa shape index (κ2) is 16.1. The zero-order valence-corrected chi connectivity index (χ0v) is 39.8. The van der Waals surface area contributed by atoms with Gasteiger partial charge in [0.2, 0.25) is 0 Å². The lowest BCUT2D eigenvalue weighted by Crippen LogP contribution is -2.74. The maximum Gasteiger partial charge on any atom is 0.179 e. The molecule has 0 N–H and O–H groups in total. The molecule has 5 aliphatic rings. The second-order valence-electron chi connectivity index (χ2n) is 20.4. The number of fused-ring (bicyclic) bond motifs is 4. The van der Waals surface area contributed by atoms with Gasteiger partial charge in [0, 0.05) is 33.8 Å². The van der Waals surface area contributed by atoms with Crippen molar-refractivity contribution in [1.82, 2.24) is 9.55 Å². The number of aromatic nitrogens is 2. The van der Waals surface area contributed by atoms with Gasteiger partial charge in [0.25, 0.3) is 0 Å². The van der Waals surface area contributed by atoms with E-state index in [9.17, 15) is 0 Å². The number of anilines is 4. The Kier molecular flexibility index (Phi) is 9.45. The number of hydrogen-bond acceptors (Lipinski definition) is 3. The molecule has 2 aromatic heterocycles. The Morgan fingerprint density at radius 2 is 0.942 bits per heavy atom. The number of hydrogen-bond donors (Lipinski definition) is 0. The van der Waals surface area contributed by atoms with E-state index in [4.69, 9.17) is 4.98 Å². The zero-order chi connectivity index (χ0) is 45.5. The summed E-state index contributed by atoms with van der Waals surface area (Å²) in [6.07, 6.45) is 8.89. The van der Waals surface area contributed by atoms with Gasteiger partial charge in [-0.2, -0.15) is 0 Å². The van der Waals surface area contributed by atoms with Crippen LogP contribution in [-0.4, -0.2) is 24.3 Å². The van der Waals surface area contributed by atoms with Gasteiger partial charge < -0.3 is 9.80 Å². The molecule has 0 radical (unpaired) electrons. The Labute approximate surface area is 406 Å². The van der Waals surface area contributed by atoms with Crippen LogP contribution in [0.1, 0.15) is 43.2 Å². The number of para-hydroxylation sites is 4. The van der Waals surface area contributed by atoms with Crippen LogP contribution in [0.2, 0.25) is 0 Å². The highest BCUT2D eigenvalue weighted by Crippen LogP contribution is 2.65. The third-order valence-electron chi connectivity index (χ3n) is 17.1. The van der Waals surface area contributed by atoms with Crippen LogP contribution in [0, 0.1) is 23.7 Å². The fraction of sp³-hybridized carbons (Fsp3) is 0.172. The smallest absolute Gasteiger partial charge is 0.179 e. The van der Waals surface area contributed by atoms with Crippen LogP contribution < -0.4 is 30.5 Å². The van der Waals surface area contributed by atoms with E-state index in [1.807, 2.05) is 0 Å². The molecule has 4 bridgehead atoms. The molecule has 69 heavy (non-hydrogen) atoms. The highest BCUT2D eigenvalue weighted by molar-refractivity contribution is 7.20. The van der Waals surface area contributed by atoms with Crippen molar-refractivity contribution in [3.63, 3.8) is 0 Å². The Morgan fingerprint density at radius 3 is 1.62 bits per heavy atom. The maximum atomic E-state index is 5.35. The van der Waals surface area contributed by atoms with Crippen LogP contribution in [0.15, 0.2) is 231 Å². The summed E-state index contributed by atoms with van der Waals surface area (Å²) < 4.78 is 2.50. The third kappa shape index (κ3) is 6.16. The summed E-state index contributed by atoms with van der Waals surface area (Å²) in [4.78, 5) is 10.3. The lowest BCUT2D eigenvalue weighted by molar-refractivity contribution is -0.0418. The van der Waals surface area contributed by atoms with Gasteiger partial charge in [-0.3, -0.25) is 4.57 Å². The first-order valence-electron chi connectivity index (χ1n) is 25.1. The van der Waals surface area contributed by atoms with E-state index < -0.39 is 8.07 Å². The monoisotopic (exact) mass is 906 g/mol. The lowest BCUT2D eigenvalue weighted by Gasteiger charge is -2.62. The normalized spacial score (nSPS) is 21.6. The summed E-state index contributed by atoms with van der Waals surface area (Å²) in [5.41, 5.74) is 10.1. The van der Waals surface area contributed by atoms with Crippen LogP contribution in [0.25, 0.3) is 27.6 Å². The van der Waals surface area contributed by atoms with Crippen LogP contribution >= 0.6 is 0 Å². The molecular weight excluding hydrogens is 853 g/mol. The van der Waals surface area contributed by atoms with Crippen molar-refractivity contribution in [2.75, 3.05) is 16.5 Å². The Hall–Kier alpha value is -7.47. The Morgan fingerprint density at radius 1 is 0.406 bits per heavy atom. The van der Waals surface area contributed by atoms with Crippen molar-refractivity contribution in [1.29, 1.82) is 0 Å². The van der Waals surface area contributed by atoms with E-state index >= 15 is 0 Å². The number of rotatable bonds is 9. The summed E-state index contributed by atoms with van der Waals surface area (Å²) in [5, 5.41) is 7.91. The minimum atomic E-state index is -3.03. The first-order valence-corrected chi connectivity index (χ1v) is 27.1. The van der Waals surface area contributed by atoms with Crippen molar-refractivity contribution in [3.8, 4) is 5.82 Å². The molecule has 334 valence electrons. The standard InChI is InChI=1S/C64H54N4Si/c1-5-18-47(19-6-1)64(49-37-45-36-46(39-49)40-50(64)38-45)48-34-35-65-63(41-48)68-59-29-14-13-28-57(59)58-33-32-56(43-62(58)68)69(53-23-9-3-10-24-53,54-25-11-4-12-26-54)55-27-17-22-52(42-55)67-44-66(51-20-7-2-8-21-51)60-30-15-16-31-61(60)67/h1-35,41-43,45-46,49-50H,36-40,44H2. The van der Waals surface area contributed by atoms with Crippen LogP contribution in [-0.2, 0) is 5.41 Å². The fourth-order valence-corrected chi connectivity index (χ4v) is 19.3. The van der Waals surface area contributed by atoms with Gasteiger partial charge in [0.05, 0.1) is 22.4 Å². The summed E-state index contributed by atoms with van der Waals surface area (Å²) in [5.74, 6) is 4.03. The van der Waals surface area contributed by atoms with E-state index in [0.717, 1.165) is 24.3 Å². The van der Waals surface area contributed by atoms with Gasteiger partial charge >= 0.3 is 0 Å². The van der Waals surface area contributed by atoms with Crippen molar-refractivity contribution < 1.29 is 0 Å². The number of nitrogens with zero attached hydrogens (tertiary/aromatic N) is 4. The van der Waals surface area contributed by atoms with Crippen molar-refractivity contribution in [2.24, 2.45) is 23.7 Å². The largest absolute Gasteiger partial charge is 0.321 e. The first-order chi connectivity index (χ1) is 34.2. The highest BCUT2D eigenvalue weighted by Gasteiger charge is 2.58. The molecular formula is C64H54N4Si.